The predicted octanol–water partition coefficient (Wildman–Crippen LogP) is 3.73. The first kappa shape index (κ1) is 11.2. The molecular formula is C11H19N. The van der Waals surface area contributed by atoms with Crippen molar-refractivity contribution in [2.45, 2.75) is 40.5 Å². The summed E-state index contributed by atoms with van der Waals surface area (Å²) in [5.74, 6) is 0. The normalized spacial score (nSPS) is 13.3. The highest BCUT2D eigenvalue weighted by Crippen LogP contribution is 2.03. The minimum atomic E-state index is 1.05. The zero-order valence-electron chi connectivity index (χ0n) is 8.65. The molecule has 0 amide bonds. The second-order valence-electron chi connectivity index (χ2n) is 3.23. The van der Waals surface area contributed by atoms with E-state index in [0.29, 0.717) is 0 Å². The lowest BCUT2D eigenvalue weighted by molar-refractivity contribution is 0.983. The number of aliphatic imine (C=N–C) groups is 1. The van der Waals surface area contributed by atoms with Gasteiger partial charge in [-0.15, -0.1) is 0 Å². The van der Waals surface area contributed by atoms with Crippen molar-refractivity contribution >= 4 is 5.71 Å². The van der Waals surface area contributed by atoms with E-state index in [1.54, 1.807) is 0 Å². The van der Waals surface area contributed by atoms with E-state index in [4.69, 9.17) is 0 Å². The molecule has 0 rings (SSSR count). The van der Waals surface area contributed by atoms with E-state index >= 15 is 0 Å². The topological polar surface area (TPSA) is 12.4 Å². The van der Waals surface area contributed by atoms with Crippen molar-refractivity contribution in [3.05, 3.63) is 23.9 Å². The van der Waals surface area contributed by atoms with E-state index < -0.39 is 0 Å². The molecule has 0 heterocycles. The Hall–Kier alpha value is -0.850. The molecule has 0 spiro atoms. The predicted molar refractivity (Wildman–Crippen MR) is 56.6 cm³/mol. The third kappa shape index (κ3) is 5.90. The van der Waals surface area contributed by atoms with Gasteiger partial charge in [-0.25, -0.2) is 0 Å². The molecule has 0 aromatic rings. The van der Waals surface area contributed by atoms with Crippen LogP contribution in [0.4, 0.5) is 0 Å². The van der Waals surface area contributed by atoms with E-state index in [1.807, 2.05) is 19.9 Å². The Labute approximate surface area is 75.9 Å². The van der Waals surface area contributed by atoms with Crippen LogP contribution in [-0.2, 0) is 0 Å². The van der Waals surface area contributed by atoms with Crippen molar-refractivity contribution in [1.82, 2.24) is 0 Å². The van der Waals surface area contributed by atoms with Gasteiger partial charge in [-0.2, -0.15) is 0 Å². The third-order valence-electron chi connectivity index (χ3n) is 1.43. The van der Waals surface area contributed by atoms with Crippen molar-refractivity contribution in [1.29, 1.82) is 0 Å². The summed E-state index contributed by atoms with van der Waals surface area (Å²) in [5, 5.41) is 0. The molecule has 0 aliphatic rings. The Morgan fingerprint density at radius 3 is 2.33 bits per heavy atom. The fraction of sp³-hybridized carbons (Fsp3) is 0.545. The Morgan fingerprint density at radius 2 is 1.92 bits per heavy atom. The molecule has 0 aromatic heterocycles. The van der Waals surface area contributed by atoms with Gasteiger partial charge >= 0.3 is 0 Å². The van der Waals surface area contributed by atoms with Gasteiger partial charge < -0.3 is 0 Å². The van der Waals surface area contributed by atoms with Crippen molar-refractivity contribution in [2.24, 2.45) is 4.99 Å². The lowest BCUT2D eigenvalue weighted by atomic mass is 10.2. The Balaban J connectivity index is 4.22. The van der Waals surface area contributed by atoms with Crippen LogP contribution in [0.15, 0.2) is 28.9 Å². The second kappa shape index (κ2) is 5.76. The highest BCUT2D eigenvalue weighted by molar-refractivity contribution is 5.82. The maximum atomic E-state index is 4.42. The first-order chi connectivity index (χ1) is 5.56. The van der Waals surface area contributed by atoms with Gasteiger partial charge in [-0.3, -0.25) is 4.99 Å². The van der Waals surface area contributed by atoms with Crippen LogP contribution in [0.5, 0.6) is 0 Å². The molecule has 0 fully saturated rings. The smallest absolute Gasteiger partial charge is 0.0374 e. The summed E-state index contributed by atoms with van der Waals surface area (Å²) in [7, 11) is 0. The van der Waals surface area contributed by atoms with Crippen molar-refractivity contribution in [3.8, 4) is 0 Å². The number of allylic oxidation sites excluding steroid dienone is 3. The standard InChI is InChI=1S/C11H19N/c1-6-7-10(4)12-11(5)8-9(2)3/h8H,2,6-7H2,1,3-5H3/b11-8-,12-10-. The summed E-state index contributed by atoms with van der Waals surface area (Å²) >= 11 is 0. The van der Waals surface area contributed by atoms with Crippen LogP contribution in [0.3, 0.4) is 0 Å². The van der Waals surface area contributed by atoms with E-state index in [0.717, 1.165) is 24.1 Å². The van der Waals surface area contributed by atoms with Crippen LogP contribution in [0.1, 0.15) is 40.5 Å². The molecule has 1 heteroatoms. The molecule has 0 N–H and O–H groups in total. The summed E-state index contributed by atoms with van der Waals surface area (Å²) in [6.45, 7) is 12.0. The van der Waals surface area contributed by atoms with Crippen LogP contribution in [0.2, 0.25) is 0 Å². The first-order valence-electron chi connectivity index (χ1n) is 4.44. The zero-order valence-corrected chi connectivity index (χ0v) is 8.65. The molecule has 0 aliphatic carbocycles. The van der Waals surface area contributed by atoms with E-state index in [1.165, 1.54) is 5.71 Å². The van der Waals surface area contributed by atoms with E-state index in [9.17, 15) is 0 Å². The molecule has 1 nitrogen and oxygen atoms in total. The van der Waals surface area contributed by atoms with Crippen LogP contribution in [-0.4, -0.2) is 5.71 Å². The number of hydrogen-bond donors (Lipinski definition) is 0. The van der Waals surface area contributed by atoms with Gasteiger partial charge in [0.15, 0.2) is 0 Å². The summed E-state index contributed by atoms with van der Waals surface area (Å²) < 4.78 is 0. The summed E-state index contributed by atoms with van der Waals surface area (Å²) in [6, 6.07) is 0. The molecule has 12 heavy (non-hydrogen) atoms. The lowest BCUT2D eigenvalue weighted by Gasteiger charge is -1.97. The summed E-state index contributed by atoms with van der Waals surface area (Å²) in [5.41, 5.74) is 3.31. The zero-order chi connectivity index (χ0) is 9.56. The molecular weight excluding hydrogens is 146 g/mol. The summed E-state index contributed by atoms with van der Waals surface area (Å²) in [6.07, 6.45) is 4.25. The molecule has 68 valence electrons. The van der Waals surface area contributed by atoms with Crippen LogP contribution < -0.4 is 0 Å². The van der Waals surface area contributed by atoms with Crippen LogP contribution >= 0.6 is 0 Å². The molecule has 0 aromatic carbocycles. The average Bonchev–Trinajstić information content (AvgIpc) is 1.84. The maximum absolute atomic E-state index is 4.42. The lowest BCUT2D eigenvalue weighted by Crippen LogP contribution is -1.89. The number of nitrogens with zero attached hydrogens (tertiary/aromatic N) is 1. The monoisotopic (exact) mass is 165 g/mol. The first-order valence-corrected chi connectivity index (χ1v) is 4.44. The minimum absolute atomic E-state index is 1.05. The van der Waals surface area contributed by atoms with Gasteiger partial charge in [0.25, 0.3) is 0 Å². The third-order valence-corrected chi connectivity index (χ3v) is 1.43. The highest BCUT2D eigenvalue weighted by Gasteiger charge is 1.89. The highest BCUT2D eigenvalue weighted by atomic mass is 14.7. The van der Waals surface area contributed by atoms with Gasteiger partial charge in [0.05, 0.1) is 0 Å². The quantitative estimate of drug-likeness (QED) is 0.444. The fourth-order valence-corrected chi connectivity index (χ4v) is 1.11. The van der Waals surface area contributed by atoms with Crippen molar-refractivity contribution < 1.29 is 0 Å². The molecule has 0 unspecified atom stereocenters. The van der Waals surface area contributed by atoms with E-state index in [2.05, 4.69) is 25.4 Å². The Kier molecular flexibility index (Phi) is 5.35. The molecule has 0 radical (unpaired) electrons. The molecule has 0 saturated carbocycles. The molecule has 0 aliphatic heterocycles. The molecule has 0 bridgehead atoms. The SMILES string of the molecule is C=C(C)/C=C(C)\N=C(\C)CCC. The Morgan fingerprint density at radius 1 is 1.33 bits per heavy atom. The van der Waals surface area contributed by atoms with Gasteiger partial charge in [-0.1, -0.05) is 25.5 Å². The second-order valence-corrected chi connectivity index (χ2v) is 3.23. The minimum Gasteiger partial charge on any atom is -0.263 e. The van der Waals surface area contributed by atoms with Gasteiger partial charge in [-0.05, 0) is 33.3 Å². The van der Waals surface area contributed by atoms with E-state index in [-0.39, 0.29) is 0 Å². The fourth-order valence-electron chi connectivity index (χ4n) is 1.11. The van der Waals surface area contributed by atoms with Crippen molar-refractivity contribution in [2.75, 3.05) is 0 Å². The van der Waals surface area contributed by atoms with Gasteiger partial charge in [0, 0.05) is 11.4 Å². The largest absolute Gasteiger partial charge is 0.263 e. The maximum Gasteiger partial charge on any atom is 0.0374 e. The summed E-state index contributed by atoms with van der Waals surface area (Å²) in [4.78, 5) is 4.42. The van der Waals surface area contributed by atoms with Crippen LogP contribution in [0.25, 0.3) is 0 Å². The molecule has 0 saturated heterocycles. The van der Waals surface area contributed by atoms with Gasteiger partial charge in [0.2, 0.25) is 0 Å². The van der Waals surface area contributed by atoms with Crippen LogP contribution in [0, 0.1) is 0 Å². The van der Waals surface area contributed by atoms with Crippen molar-refractivity contribution in [3.63, 3.8) is 0 Å². The number of rotatable bonds is 4. The molecule has 0 atom stereocenters. The Bertz CT molecular complexity index is 209. The number of hydrogen-bond acceptors (Lipinski definition) is 1. The average molecular weight is 165 g/mol. The van der Waals surface area contributed by atoms with Gasteiger partial charge in [0.1, 0.15) is 0 Å².